The predicted molar refractivity (Wildman–Crippen MR) is 67.6 cm³/mol. The maximum atomic E-state index is 4.75. The summed E-state index contributed by atoms with van der Waals surface area (Å²) in [6, 6.07) is 0. The Balaban J connectivity index is 1.98. The molecule has 1 fully saturated rings. The van der Waals surface area contributed by atoms with Crippen LogP contribution in [0.5, 0.6) is 0 Å². The Labute approximate surface area is 105 Å². The third-order valence-electron chi connectivity index (χ3n) is 3.85. The van der Waals surface area contributed by atoms with Crippen molar-refractivity contribution >= 4 is 15.9 Å². The lowest BCUT2D eigenvalue weighted by atomic mass is 9.99. The van der Waals surface area contributed by atoms with E-state index in [-0.39, 0.29) is 0 Å². The van der Waals surface area contributed by atoms with Crippen molar-refractivity contribution in [1.82, 2.24) is 14.9 Å². The van der Waals surface area contributed by atoms with Gasteiger partial charge in [-0.15, -0.1) is 0 Å². The number of nitrogens with one attached hydrogen (secondary N) is 1. The van der Waals surface area contributed by atoms with Crippen LogP contribution in [-0.2, 0) is 13.0 Å². The van der Waals surface area contributed by atoms with Gasteiger partial charge in [0.2, 0.25) is 0 Å². The molecule has 2 unspecified atom stereocenters. The molecule has 2 atom stereocenters. The number of halogens is 1. The van der Waals surface area contributed by atoms with E-state index in [2.05, 4.69) is 32.7 Å². The summed E-state index contributed by atoms with van der Waals surface area (Å²) in [5.41, 5.74) is 1.42. The van der Waals surface area contributed by atoms with Crippen LogP contribution in [0.25, 0.3) is 0 Å². The topological polar surface area (TPSA) is 29.9 Å². The van der Waals surface area contributed by atoms with E-state index in [0.29, 0.717) is 5.92 Å². The molecular weight excluding hydrogens is 266 g/mol. The summed E-state index contributed by atoms with van der Waals surface area (Å²) in [4.78, 5) is 4.75. The Kier molecular flexibility index (Phi) is 2.80. The number of aromatic nitrogens is 2. The minimum Gasteiger partial charge on any atom is -0.330 e. The van der Waals surface area contributed by atoms with Crippen LogP contribution < -0.4 is 5.32 Å². The van der Waals surface area contributed by atoms with E-state index in [4.69, 9.17) is 4.98 Å². The van der Waals surface area contributed by atoms with Crippen LogP contribution in [0.2, 0.25) is 0 Å². The van der Waals surface area contributed by atoms with Gasteiger partial charge in [-0.1, -0.05) is 6.92 Å². The monoisotopic (exact) mass is 283 g/mol. The van der Waals surface area contributed by atoms with Crippen LogP contribution in [-0.4, -0.2) is 22.6 Å². The summed E-state index contributed by atoms with van der Waals surface area (Å²) < 4.78 is 3.55. The van der Waals surface area contributed by atoms with Gasteiger partial charge in [0.15, 0.2) is 0 Å². The lowest BCUT2D eigenvalue weighted by Crippen LogP contribution is -2.21. The lowest BCUT2D eigenvalue weighted by molar-refractivity contribution is 0.384. The van der Waals surface area contributed by atoms with Gasteiger partial charge in [-0.3, -0.25) is 0 Å². The number of fused-ring (bicyclic) bond motifs is 1. The largest absolute Gasteiger partial charge is 0.330 e. The highest BCUT2D eigenvalue weighted by atomic mass is 79.9. The lowest BCUT2D eigenvalue weighted by Gasteiger charge is -2.23. The fourth-order valence-electron chi connectivity index (χ4n) is 2.89. The van der Waals surface area contributed by atoms with E-state index < -0.39 is 0 Å². The van der Waals surface area contributed by atoms with Crippen molar-refractivity contribution in [3.8, 4) is 0 Å². The standard InChI is InChI=1S/C12H18BrN3/c1-8-2-3-10-11(13)15-12(16(10)7-8)9-4-5-14-6-9/h8-9,14H,2-7H2,1H3. The SMILES string of the molecule is CC1CCc2c(Br)nc(C3CCNC3)n2C1. The number of hydrogen-bond donors (Lipinski definition) is 1. The second-order valence-electron chi connectivity index (χ2n) is 5.15. The Morgan fingerprint density at radius 1 is 1.44 bits per heavy atom. The summed E-state index contributed by atoms with van der Waals surface area (Å²) in [6.45, 7) is 5.73. The van der Waals surface area contributed by atoms with Crippen molar-refractivity contribution in [2.45, 2.75) is 38.6 Å². The van der Waals surface area contributed by atoms with Crippen molar-refractivity contribution in [2.24, 2.45) is 5.92 Å². The van der Waals surface area contributed by atoms with Crippen molar-refractivity contribution in [3.05, 3.63) is 16.1 Å². The molecule has 0 radical (unpaired) electrons. The van der Waals surface area contributed by atoms with E-state index >= 15 is 0 Å². The minimum absolute atomic E-state index is 0.621. The van der Waals surface area contributed by atoms with Crippen LogP contribution in [0.3, 0.4) is 0 Å². The zero-order valence-electron chi connectivity index (χ0n) is 9.67. The van der Waals surface area contributed by atoms with Crippen molar-refractivity contribution in [1.29, 1.82) is 0 Å². The van der Waals surface area contributed by atoms with Crippen LogP contribution in [0.4, 0.5) is 0 Å². The molecule has 2 aliphatic heterocycles. The highest BCUT2D eigenvalue weighted by Gasteiger charge is 2.28. The molecule has 1 N–H and O–H groups in total. The third kappa shape index (κ3) is 1.72. The zero-order chi connectivity index (χ0) is 11.1. The molecule has 3 nitrogen and oxygen atoms in total. The van der Waals surface area contributed by atoms with Crippen molar-refractivity contribution in [3.63, 3.8) is 0 Å². The fourth-order valence-corrected chi connectivity index (χ4v) is 3.48. The molecule has 16 heavy (non-hydrogen) atoms. The molecule has 3 heterocycles. The Morgan fingerprint density at radius 3 is 3.06 bits per heavy atom. The molecule has 4 heteroatoms. The van der Waals surface area contributed by atoms with E-state index in [1.54, 1.807) is 0 Å². The second-order valence-corrected chi connectivity index (χ2v) is 5.90. The first-order valence-corrected chi connectivity index (χ1v) is 7.00. The molecule has 0 aliphatic carbocycles. The molecule has 1 saturated heterocycles. The van der Waals surface area contributed by atoms with Gasteiger partial charge in [-0.2, -0.15) is 0 Å². The smallest absolute Gasteiger partial charge is 0.127 e. The molecule has 0 amide bonds. The number of imidazole rings is 1. The molecule has 3 rings (SSSR count). The molecule has 1 aromatic rings. The maximum Gasteiger partial charge on any atom is 0.127 e. The molecule has 2 aliphatic rings. The van der Waals surface area contributed by atoms with Crippen LogP contribution in [0.15, 0.2) is 4.60 Å². The van der Waals surface area contributed by atoms with Crippen molar-refractivity contribution < 1.29 is 0 Å². The zero-order valence-corrected chi connectivity index (χ0v) is 11.3. The first kappa shape index (κ1) is 10.8. The molecule has 0 spiro atoms. The first-order chi connectivity index (χ1) is 7.75. The molecule has 1 aromatic heterocycles. The van der Waals surface area contributed by atoms with Gasteiger partial charge in [-0.25, -0.2) is 4.98 Å². The van der Waals surface area contributed by atoms with Crippen LogP contribution in [0.1, 0.15) is 37.2 Å². The molecule has 0 saturated carbocycles. The molecule has 0 bridgehead atoms. The summed E-state index contributed by atoms with van der Waals surface area (Å²) >= 11 is 3.62. The van der Waals surface area contributed by atoms with E-state index in [0.717, 1.165) is 30.2 Å². The second kappa shape index (κ2) is 4.15. The molecule has 0 aromatic carbocycles. The van der Waals surface area contributed by atoms with E-state index in [1.807, 2.05) is 0 Å². The number of nitrogens with zero attached hydrogens (tertiary/aromatic N) is 2. The Hall–Kier alpha value is -0.350. The molecular formula is C12H18BrN3. The van der Waals surface area contributed by atoms with Gasteiger partial charge in [0.1, 0.15) is 10.4 Å². The summed E-state index contributed by atoms with van der Waals surface area (Å²) in [5, 5.41) is 3.43. The average Bonchev–Trinajstić information content (AvgIpc) is 2.86. The van der Waals surface area contributed by atoms with E-state index in [1.165, 1.54) is 30.8 Å². The quantitative estimate of drug-likeness (QED) is 0.857. The normalized spacial score (nSPS) is 29.4. The van der Waals surface area contributed by atoms with Crippen LogP contribution >= 0.6 is 15.9 Å². The summed E-state index contributed by atoms with van der Waals surface area (Å²) in [5.74, 6) is 2.72. The summed E-state index contributed by atoms with van der Waals surface area (Å²) in [6.07, 6.45) is 3.71. The highest BCUT2D eigenvalue weighted by Crippen LogP contribution is 2.32. The number of hydrogen-bond acceptors (Lipinski definition) is 2. The van der Waals surface area contributed by atoms with Gasteiger partial charge in [0, 0.05) is 19.0 Å². The van der Waals surface area contributed by atoms with Crippen molar-refractivity contribution in [2.75, 3.05) is 13.1 Å². The van der Waals surface area contributed by atoms with Gasteiger partial charge in [0.25, 0.3) is 0 Å². The summed E-state index contributed by atoms with van der Waals surface area (Å²) in [7, 11) is 0. The van der Waals surface area contributed by atoms with Crippen LogP contribution in [0, 0.1) is 5.92 Å². The van der Waals surface area contributed by atoms with Gasteiger partial charge in [-0.05, 0) is 47.7 Å². The Bertz CT molecular complexity index is 393. The van der Waals surface area contributed by atoms with Gasteiger partial charge < -0.3 is 9.88 Å². The Morgan fingerprint density at radius 2 is 2.31 bits per heavy atom. The number of rotatable bonds is 1. The van der Waals surface area contributed by atoms with Gasteiger partial charge in [0.05, 0.1) is 5.69 Å². The highest BCUT2D eigenvalue weighted by molar-refractivity contribution is 9.10. The minimum atomic E-state index is 0.621. The fraction of sp³-hybridized carbons (Fsp3) is 0.750. The first-order valence-electron chi connectivity index (χ1n) is 6.21. The maximum absolute atomic E-state index is 4.75. The third-order valence-corrected chi connectivity index (χ3v) is 4.48. The molecule has 88 valence electrons. The van der Waals surface area contributed by atoms with E-state index in [9.17, 15) is 0 Å². The average molecular weight is 284 g/mol. The van der Waals surface area contributed by atoms with Gasteiger partial charge >= 0.3 is 0 Å². The predicted octanol–water partition coefficient (Wildman–Crippen LogP) is 2.30.